The van der Waals surface area contributed by atoms with Gasteiger partial charge in [-0.2, -0.15) is 5.10 Å². The monoisotopic (exact) mass is 366 g/mol. The summed E-state index contributed by atoms with van der Waals surface area (Å²) in [6.07, 6.45) is 7.60. The van der Waals surface area contributed by atoms with Gasteiger partial charge in [0.25, 0.3) is 0 Å². The van der Waals surface area contributed by atoms with Crippen LogP contribution >= 0.6 is 11.3 Å². The highest BCUT2D eigenvalue weighted by Crippen LogP contribution is 2.32. The van der Waals surface area contributed by atoms with Crippen molar-refractivity contribution >= 4 is 23.3 Å². The van der Waals surface area contributed by atoms with Gasteiger partial charge in [0.2, 0.25) is 5.91 Å². The molecular formula is C20H22N4OS. The van der Waals surface area contributed by atoms with E-state index in [1.54, 1.807) is 17.4 Å². The lowest BCUT2D eigenvalue weighted by Gasteiger charge is -2.24. The number of nitrogens with zero attached hydrogens (tertiary/aromatic N) is 4. The van der Waals surface area contributed by atoms with Gasteiger partial charge in [-0.15, -0.1) is 11.3 Å². The first-order chi connectivity index (χ1) is 12.4. The van der Waals surface area contributed by atoms with Crippen molar-refractivity contribution in [3.05, 3.63) is 64.2 Å². The number of carbonyl (C=O) groups is 1. The summed E-state index contributed by atoms with van der Waals surface area (Å²) in [5, 5.41) is 6.85. The molecule has 1 aliphatic rings. The number of carbonyl (C=O) groups excluding carboxylic acids is 1. The third kappa shape index (κ3) is 3.01. The summed E-state index contributed by atoms with van der Waals surface area (Å²) in [7, 11) is 0. The van der Waals surface area contributed by atoms with E-state index in [4.69, 9.17) is 5.10 Å². The maximum absolute atomic E-state index is 12.6. The molecule has 4 rings (SSSR count). The molecule has 3 aromatic heterocycles. The molecule has 0 aliphatic carbocycles. The molecule has 0 saturated heterocycles. The van der Waals surface area contributed by atoms with Crippen LogP contribution in [0, 0.1) is 0 Å². The maximum atomic E-state index is 12.6. The van der Waals surface area contributed by atoms with Crippen molar-refractivity contribution in [3.8, 4) is 5.82 Å². The number of amides is 1. The molecule has 0 fully saturated rings. The largest absolute Gasteiger partial charge is 0.329 e. The second-order valence-corrected chi connectivity index (χ2v) is 8.44. The van der Waals surface area contributed by atoms with Crippen LogP contribution in [0.4, 0.5) is 0 Å². The van der Waals surface area contributed by atoms with Crippen LogP contribution in [0.1, 0.15) is 36.9 Å². The second kappa shape index (κ2) is 6.29. The van der Waals surface area contributed by atoms with E-state index >= 15 is 0 Å². The quantitative estimate of drug-likeness (QED) is 0.657. The van der Waals surface area contributed by atoms with Gasteiger partial charge in [-0.25, -0.2) is 4.68 Å². The van der Waals surface area contributed by atoms with Gasteiger partial charge in [0.05, 0.1) is 24.3 Å². The lowest BCUT2D eigenvalue weighted by molar-refractivity contribution is -0.126. The number of rotatable bonds is 3. The molecule has 0 bridgehead atoms. The molecule has 0 atom stereocenters. The van der Waals surface area contributed by atoms with Crippen LogP contribution < -0.4 is 0 Å². The highest BCUT2D eigenvalue weighted by atomic mass is 32.1. The molecular weight excluding hydrogens is 344 g/mol. The van der Waals surface area contributed by atoms with Gasteiger partial charge >= 0.3 is 0 Å². The number of thiophene rings is 1. The molecule has 0 radical (unpaired) electrons. The van der Waals surface area contributed by atoms with Crippen LogP contribution in [0.3, 0.4) is 0 Å². The molecule has 1 aliphatic heterocycles. The van der Waals surface area contributed by atoms with Gasteiger partial charge < -0.3 is 9.47 Å². The molecule has 0 spiro atoms. The van der Waals surface area contributed by atoms with Crippen LogP contribution in [-0.2, 0) is 23.4 Å². The highest BCUT2D eigenvalue weighted by molar-refractivity contribution is 7.10. The summed E-state index contributed by atoms with van der Waals surface area (Å²) in [5.41, 5.74) is 1.99. The Morgan fingerprint density at radius 3 is 2.62 bits per heavy atom. The summed E-state index contributed by atoms with van der Waals surface area (Å²) in [6, 6.07) is 8.01. The lowest BCUT2D eigenvalue weighted by Crippen LogP contribution is -2.29. The van der Waals surface area contributed by atoms with Crippen molar-refractivity contribution in [1.82, 2.24) is 19.2 Å². The topological polar surface area (TPSA) is 43.1 Å². The van der Waals surface area contributed by atoms with E-state index in [0.29, 0.717) is 13.1 Å². The molecule has 6 heteroatoms. The van der Waals surface area contributed by atoms with Gasteiger partial charge in [0.15, 0.2) is 0 Å². The molecule has 1 amide bonds. The molecule has 4 heterocycles. The van der Waals surface area contributed by atoms with E-state index in [-0.39, 0.29) is 11.4 Å². The van der Waals surface area contributed by atoms with Gasteiger partial charge in [0.1, 0.15) is 5.82 Å². The Balaban J connectivity index is 1.63. The molecule has 0 saturated carbocycles. The summed E-state index contributed by atoms with van der Waals surface area (Å²) in [5.74, 6) is 1.08. The summed E-state index contributed by atoms with van der Waals surface area (Å²) < 4.78 is 4.16. The zero-order valence-corrected chi connectivity index (χ0v) is 16.0. The average Bonchev–Trinajstić information content (AvgIpc) is 3.33. The Labute approximate surface area is 157 Å². The first kappa shape index (κ1) is 16.8. The van der Waals surface area contributed by atoms with Crippen LogP contribution in [-0.4, -0.2) is 25.2 Å². The van der Waals surface area contributed by atoms with Crippen molar-refractivity contribution in [2.45, 2.75) is 39.4 Å². The van der Waals surface area contributed by atoms with Crippen molar-refractivity contribution in [3.63, 3.8) is 0 Å². The smallest absolute Gasteiger partial charge is 0.247 e. The fourth-order valence-corrected chi connectivity index (χ4v) is 3.83. The molecule has 134 valence electrons. The fraction of sp³-hybridized carbons (Fsp3) is 0.300. The number of aromatic nitrogens is 3. The summed E-state index contributed by atoms with van der Waals surface area (Å²) in [4.78, 5) is 15.5. The minimum atomic E-state index is -0.127. The van der Waals surface area contributed by atoms with Gasteiger partial charge in [0, 0.05) is 28.9 Å². The fourth-order valence-electron chi connectivity index (χ4n) is 3.21. The van der Waals surface area contributed by atoms with Crippen molar-refractivity contribution in [1.29, 1.82) is 0 Å². The van der Waals surface area contributed by atoms with E-state index in [2.05, 4.69) is 30.0 Å². The Bertz CT molecular complexity index is 943. The highest BCUT2D eigenvalue weighted by Gasteiger charge is 2.32. The standard InChI is InChI=1S/C20H22N4OS/c1-20(2,3)24-19(22-10-4-5-11-22)16-13-23(14-17(16)21-24)18(25)9-8-15-7-6-12-26-15/h4-12H,13-14H2,1-3H3/b9-8+. The maximum Gasteiger partial charge on any atom is 0.247 e. The van der Waals surface area contributed by atoms with E-state index in [9.17, 15) is 4.79 Å². The third-order valence-electron chi connectivity index (χ3n) is 4.46. The molecule has 5 nitrogen and oxygen atoms in total. The predicted molar refractivity (Wildman–Crippen MR) is 104 cm³/mol. The van der Waals surface area contributed by atoms with Crippen LogP contribution in [0.15, 0.2) is 48.1 Å². The Hall–Kier alpha value is -2.60. The number of fused-ring (bicyclic) bond motifs is 1. The number of hydrogen-bond acceptors (Lipinski definition) is 3. The molecule has 26 heavy (non-hydrogen) atoms. The van der Waals surface area contributed by atoms with E-state index in [1.165, 1.54) is 0 Å². The van der Waals surface area contributed by atoms with Gasteiger partial charge in [-0.1, -0.05) is 6.07 Å². The molecule has 0 N–H and O–H groups in total. The van der Waals surface area contributed by atoms with Crippen LogP contribution in [0.25, 0.3) is 11.9 Å². The summed E-state index contributed by atoms with van der Waals surface area (Å²) >= 11 is 1.63. The first-order valence-corrected chi connectivity index (χ1v) is 9.56. The predicted octanol–water partition coefficient (Wildman–Crippen LogP) is 4.05. The lowest BCUT2D eigenvalue weighted by atomic mass is 10.1. The molecule has 0 aromatic carbocycles. The number of hydrogen-bond donors (Lipinski definition) is 0. The van der Waals surface area contributed by atoms with E-state index in [0.717, 1.165) is 22.0 Å². The Kier molecular flexibility index (Phi) is 4.07. The van der Waals surface area contributed by atoms with Gasteiger partial charge in [-0.05, 0) is 50.4 Å². The Morgan fingerprint density at radius 2 is 1.96 bits per heavy atom. The molecule has 0 unspecified atom stereocenters. The zero-order chi connectivity index (χ0) is 18.3. The van der Waals surface area contributed by atoms with Crippen LogP contribution in [0.5, 0.6) is 0 Å². The van der Waals surface area contributed by atoms with Crippen LogP contribution in [0.2, 0.25) is 0 Å². The van der Waals surface area contributed by atoms with Crippen molar-refractivity contribution in [2.24, 2.45) is 0 Å². The normalized spacial score (nSPS) is 14.3. The third-order valence-corrected chi connectivity index (χ3v) is 5.30. The van der Waals surface area contributed by atoms with Crippen molar-refractivity contribution < 1.29 is 4.79 Å². The first-order valence-electron chi connectivity index (χ1n) is 8.68. The average molecular weight is 366 g/mol. The van der Waals surface area contributed by atoms with E-state index in [1.807, 2.05) is 53.0 Å². The van der Waals surface area contributed by atoms with Gasteiger partial charge in [-0.3, -0.25) is 4.79 Å². The van der Waals surface area contributed by atoms with E-state index < -0.39 is 0 Å². The second-order valence-electron chi connectivity index (χ2n) is 7.46. The minimum Gasteiger partial charge on any atom is -0.329 e. The minimum absolute atomic E-state index is 0.0252. The SMILES string of the molecule is CC(C)(C)n1nc2c(c1-n1cccc1)CN(C(=O)/C=C/c1cccs1)C2. The van der Waals surface area contributed by atoms with Crippen molar-refractivity contribution in [2.75, 3.05) is 0 Å². The molecule has 3 aromatic rings. The summed E-state index contributed by atoms with van der Waals surface area (Å²) in [6.45, 7) is 7.59. The Morgan fingerprint density at radius 1 is 1.19 bits per heavy atom. The zero-order valence-electron chi connectivity index (χ0n) is 15.2.